The molecule has 0 aromatic heterocycles. The van der Waals surface area contributed by atoms with E-state index in [1.54, 1.807) is 55.6 Å². The van der Waals surface area contributed by atoms with Crippen molar-refractivity contribution in [3.8, 4) is 17.2 Å². The molecule has 0 spiro atoms. The zero-order valence-electron chi connectivity index (χ0n) is 19.1. The molecule has 3 aromatic carbocycles. The van der Waals surface area contributed by atoms with Crippen molar-refractivity contribution < 1.29 is 17.9 Å². The van der Waals surface area contributed by atoms with Crippen LogP contribution in [0.4, 0.5) is 0 Å². The van der Waals surface area contributed by atoms with Crippen LogP contribution in [0.25, 0.3) is 0 Å². The zero-order chi connectivity index (χ0) is 23.4. The molecule has 0 heterocycles. The molecule has 32 heavy (non-hydrogen) atoms. The van der Waals surface area contributed by atoms with Crippen molar-refractivity contribution in [2.45, 2.75) is 48.8 Å². The minimum atomic E-state index is -3.62. The number of sulfone groups is 1. The highest BCUT2D eigenvalue weighted by molar-refractivity contribution is 7.91. The third kappa shape index (κ3) is 5.50. The number of ether oxygens (including phenoxy) is 2. The van der Waals surface area contributed by atoms with Crippen molar-refractivity contribution in [1.29, 1.82) is 0 Å². The summed E-state index contributed by atoms with van der Waals surface area (Å²) in [6.45, 7) is 7.14. The number of benzene rings is 3. The molecule has 0 atom stereocenters. The summed E-state index contributed by atoms with van der Waals surface area (Å²) in [5, 5.41) is 0. The number of rotatable bonds is 8. The van der Waals surface area contributed by atoms with Crippen LogP contribution in [0.5, 0.6) is 17.2 Å². The van der Waals surface area contributed by atoms with Gasteiger partial charge in [0.05, 0.1) is 16.9 Å². The summed E-state index contributed by atoms with van der Waals surface area (Å²) in [6, 6.07) is 19.1. The fraction of sp³-hybridized carbons (Fsp3) is 0.308. The van der Waals surface area contributed by atoms with Crippen molar-refractivity contribution in [3.05, 3.63) is 77.9 Å². The second-order valence-electron chi connectivity index (χ2n) is 8.72. The number of aryl methyl sites for hydroxylation is 1. The molecule has 0 saturated heterocycles. The van der Waals surface area contributed by atoms with Gasteiger partial charge < -0.3 is 15.2 Å². The molecule has 0 amide bonds. The Labute approximate surface area is 191 Å². The average Bonchev–Trinajstić information content (AvgIpc) is 2.78. The highest BCUT2D eigenvalue weighted by atomic mass is 32.2. The Morgan fingerprint density at radius 2 is 1.41 bits per heavy atom. The molecule has 0 fully saturated rings. The van der Waals surface area contributed by atoms with Crippen LogP contribution in [-0.2, 0) is 21.7 Å². The van der Waals surface area contributed by atoms with Gasteiger partial charge in [-0.2, -0.15) is 0 Å². The van der Waals surface area contributed by atoms with Crippen LogP contribution in [0.3, 0.4) is 0 Å². The first-order chi connectivity index (χ1) is 15.1. The van der Waals surface area contributed by atoms with E-state index in [1.165, 1.54) is 5.56 Å². The van der Waals surface area contributed by atoms with E-state index in [0.717, 1.165) is 24.2 Å². The molecule has 5 nitrogen and oxygen atoms in total. The second kappa shape index (κ2) is 9.76. The maximum atomic E-state index is 12.9. The fourth-order valence-electron chi connectivity index (χ4n) is 3.34. The van der Waals surface area contributed by atoms with Crippen molar-refractivity contribution in [2.75, 3.05) is 13.7 Å². The van der Waals surface area contributed by atoms with Crippen molar-refractivity contribution in [2.24, 2.45) is 5.73 Å². The highest BCUT2D eigenvalue weighted by Crippen LogP contribution is 2.32. The van der Waals surface area contributed by atoms with E-state index in [2.05, 4.69) is 32.9 Å². The standard InChI is InChI=1S/C26H31NO4S/c1-26(2,3)20-7-16-25(19(18-20)6-5-17-27)31-22-10-14-24(15-11-22)32(28,29)23-12-8-21(30-4)9-13-23/h7-16,18H,5-6,17,27H2,1-4H3. The van der Waals surface area contributed by atoms with Crippen LogP contribution < -0.4 is 15.2 Å². The lowest BCUT2D eigenvalue weighted by Gasteiger charge is -2.21. The first kappa shape index (κ1) is 23.8. The van der Waals surface area contributed by atoms with Gasteiger partial charge in [-0.05, 0) is 90.5 Å². The molecule has 2 N–H and O–H groups in total. The predicted molar refractivity (Wildman–Crippen MR) is 127 cm³/mol. The zero-order valence-corrected chi connectivity index (χ0v) is 19.9. The third-order valence-corrected chi connectivity index (χ3v) is 7.09. The number of hydrogen-bond donors (Lipinski definition) is 1. The molecule has 0 saturated carbocycles. The molecule has 170 valence electrons. The minimum absolute atomic E-state index is 0.0352. The SMILES string of the molecule is COc1ccc(S(=O)(=O)c2ccc(Oc3ccc(C(C)(C)C)cc3CCCN)cc2)cc1. The van der Waals surface area contributed by atoms with Crippen molar-refractivity contribution in [3.63, 3.8) is 0 Å². The third-order valence-electron chi connectivity index (χ3n) is 5.31. The van der Waals surface area contributed by atoms with Crippen LogP contribution in [0.15, 0.2) is 76.5 Å². The van der Waals surface area contributed by atoms with Crippen LogP contribution in [0.1, 0.15) is 38.3 Å². The summed E-state index contributed by atoms with van der Waals surface area (Å²) in [7, 11) is -2.08. The van der Waals surface area contributed by atoms with E-state index in [9.17, 15) is 8.42 Å². The van der Waals surface area contributed by atoms with Crippen LogP contribution in [-0.4, -0.2) is 22.1 Å². The topological polar surface area (TPSA) is 78.6 Å². The molecule has 0 unspecified atom stereocenters. The van der Waals surface area contributed by atoms with Crippen LogP contribution in [0, 0.1) is 0 Å². The van der Waals surface area contributed by atoms with Gasteiger partial charge in [-0.25, -0.2) is 8.42 Å². The van der Waals surface area contributed by atoms with E-state index in [1.807, 2.05) is 6.07 Å². The maximum absolute atomic E-state index is 12.9. The molecule has 0 aliphatic carbocycles. The maximum Gasteiger partial charge on any atom is 0.206 e. The van der Waals surface area contributed by atoms with E-state index in [0.29, 0.717) is 18.0 Å². The van der Waals surface area contributed by atoms with Gasteiger partial charge in [0, 0.05) is 0 Å². The lowest BCUT2D eigenvalue weighted by molar-refractivity contribution is 0.414. The summed E-state index contributed by atoms with van der Waals surface area (Å²) >= 11 is 0. The number of hydrogen-bond acceptors (Lipinski definition) is 5. The van der Waals surface area contributed by atoms with Gasteiger partial charge in [-0.15, -0.1) is 0 Å². The largest absolute Gasteiger partial charge is 0.497 e. The molecule has 3 aromatic rings. The Morgan fingerprint density at radius 1 is 0.844 bits per heavy atom. The molecule has 0 radical (unpaired) electrons. The Hall–Kier alpha value is -2.83. The van der Waals surface area contributed by atoms with E-state index < -0.39 is 9.84 Å². The summed E-state index contributed by atoms with van der Waals surface area (Å²) in [6.07, 6.45) is 1.68. The fourth-order valence-corrected chi connectivity index (χ4v) is 4.60. The minimum Gasteiger partial charge on any atom is -0.497 e. The molecule has 6 heteroatoms. The molecular weight excluding hydrogens is 422 g/mol. The van der Waals surface area contributed by atoms with Crippen molar-refractivity contribution in [1.82, 2.24) is 0 Å². The summed E-state index contributed by atoms with van der Waals surface area (Å²) in [5.74, 6) is 1.95. The highest BCUT2D eigenvalue weighted by Gasteiger charge is 2.19. The van der Waals surface area contributed by atoms with Gasteiger partial charge in [0.1, 0.15) is 17.2 Å². The molecular formula is C26H31NO4S. The molecule has 3 rings (SSSR count). The van der Waals surface area contributed by atoms with Gasteiger partial charge in [0.15, 0.2) is 0 Å². The summed E-state index contributed by atoms with van der Waals surface area (Å²) in [5.41, 5.74) is 8.08. The monoisotopic (exact) mass is 453 g/mol. The van der Waals surface area contributed by atoms with E-state index in [-0.39, 0.29) is 15.2 Å². The van der Waals surface area contributed by atoms with Crippen molar-refractivity contribution >= 4 is 9.84 Å². The smallest absolute Gasteiger partial charge is 0.206 e. The van der Waals surface area contributed by atoms with Gasteiger partial charge in [-0.3, -0.25) is 0 Å². The number of methoxy groups -OCH3 is 1. The molecule has 0 aliphatic heterocycles. The average molecular weight is 454 g/mol. The Morgan fingerprint density at radius 3 is 1.91 bits per heavy atom. The first-order valence-electron chi connectivity index (χ1n) is 10.7. The Kier molecular flexibility index (Phi) is 7.26. The van der Waals surface area contributed by atoms with Gasteiger partial charge in [0.2, 0.25) is 9.84 Å². The van der Waals surface area contributed by atoms with Gasteiger partial charge >= 0.3 is 0 Å². The lowest BCUT2D eigenvalue weighted by Crippen LogP contribution is -2.12. The van der Waals surface area contributed by atoms with Gasteiger partial charge in [0.25, 0.3) is 0 Å². The van der Waals surface area contributed by atoms with Crippen LogP contribution in [0.2, 0.25) is 0 Å². The summed E-state index contributed by atoms with van der Waals surface area (Å²) < 4.78 is 37.1. The molecule has 0 aliphatic rings. The van der Waals surface area contributed by atoms with Crippen LogP contribution >= 0.6 is 0 Å². The lowest BCUT2D eigenvalue weighted by atomic mass is 9.85. The first-order valence-corrected chi connectivity index (χ1v) is 12.1. The summed E-state index contributed by atoms with van der Waals surface area (Å²) in [4.78, 5) is 0.426. The normalized spacial score (nSPS) is 11.9. The quantitative estimate of drug-likeness (QED) is 0.487. The Bertz CT molecular complexity index is 1150. The van der Waals surface area contributed by atoms with Gasteiger partial charge in [-0.1, -0.05) is 32.9 Å². The molecule has 0 bridgehead atoms. The van der Waals surface area contributed by atoms with E-state index in [4.69, 9.17) is 15.2 Å². The predicted octanol–water partition coefficient (Wildman–Crippen LogP) is 5.51. The Balaban J connectivity index is 1.84. The van der Waals surface area contributed by atoms with E-state index >= 15 is 0 Å². The second-order valence-corrected chi connectivity index (χ2v) is 10.7. The number of nitrogens with two attached hydrogens (primary N) is 1.